The average molecular weight is 209 g/mol. The van der Waals surface area contributed by atoms with E-state index in [9.17, 15) is 0 Å². The van der Waals surface area contributed by atoms with Crippen molar-refractivity contribution in [3.63, 3.8) is 0 Å². The summed E-state index contributed by atoms with van der Waals surface area (Å²) >= 11 is 0. The molecule has 1 spiro atoms. The third kappa shape index (κ3) is 1.72. The molecule has 1 saturated heterocycles. The molecular weight excluding hydrogens is 186 g/mol. The second kappa shape index (κ2) is 3.74. The first kappa shape index (κ1) is 10.1. The molecule has 2 saturated carbocycles. The molecule has 2 heteroatoms. The van der Waals surface area contributed by atoms with E-state index in [2.05, 4.69) is 0 Å². The lowest BCUT2D eigenvalue weighted by Gasteiger charge is -2.49. The van der Waals surface area contributed by atoms with Gasteiger partial charge >= 0.3 is 0 Å². The van der Waals surface area contributed by atoms with Crippen LogP contribution in [0.5, 0.6) is 0 Å². The van der Waals surface area contributed by atoms with E-state index in [1.807, 2.05) is 0 Å². The smallest absolute Gasteiger partial charge is 0.0685 e. The van der Waals surface area contributed by atoms with Crippen LogP contribution < -0.4 is 5.73 Å². The van der Waals surface area contributed by atoms with Crippen molar-refractivity contribution in [2.45, 2.75) is 63.0 Å². The standard InChI is InChI=1S/C13H23NO/c14-12-4-1-3-11(12)10-5-8-15-13(9-10)6-2-7-13/h10-12H,1-9,14H2. The maximum Gasteiger partial charge on any atom is 0.0685 e. The van der Waals surface area contributed by atoms with E-state index in [-0.39, 0.29) is 0 Å². The molecule has 0 amide bonds. The van der Waals surface area contributed by atoms with E-state index in [1.165, 1.54) is 51.4 Å². The molecule has 15 heavy (non-hydrogen) atoms. The summed E-state index contributed by atoms with van der Waals surface area (Å²) in [6.45, 7) is 0.994. The normalized spacial score (nSPS) is 44.2. The molecule has 2 nitrogen and oxygen atoms in total. The first-order valence-electron chi connectivity index (χ1n) is 6.69. The minimum Gasteiger partial charge on any atom is -0.375 e. The van der Waals surface area contributed by atoms with Gasteiger partial charge < -0.3 is 10.5 Å². The van der Waals surface area contributed by atoms with Crippen LogP contribution in [0.25, 0.3) is 0 Å². The van der Waals surface area contributed by atoms with Crippen LogP contribution in [0.1, 0.15) is 51.4 Å². The molecule has 2 N–H and O–H groups in total. The molecule has 1 heterocycles. The second-order valence-corrected chi connectivity index (χ2v) is 5.90. The van der Waals surface area contributed by atoms with E-state index in [0.717, 1.165) is 18.4 Å². The highest BCUT2D eigenvalue weighted by atomic mass is 16.5. The quantitative estimate of drug-likeness (QED) is 0.720. The molecule has 3 unspecified atom stereocenters. The van der Waals surface area contributed by atoms with Gasteiger partial charge in [-0.25, -0.2) is 0 Å². The average Bonchev–Trinajstić information content (AvgIpc) is 2.62. The van der Waals surface area contributed by atoms with Crippen molar-refractivity contribution in [2.75, 3.05) is 6.61 Å². The van der Waals surface area contributed by atoms with Crippen molar-refractivity contribution >= 4 is 0 Å². The van der Waals surface area contributed by atoms with Gasteiger partial charge in [0.25, 0.3) is 0 Å². The van der Waals surface area contributed by atoms with Crippen LogP contribution in [0.2, 0.25) is 0 Å². The van der Waals surface area contributed by atoms with Crippen molar-refractivity contribution in [3.05, 3.63) is 0 Å². The molecule has 3 fully saturated rings. The van der Waals surface area contributed by atoms with Gasteiger partial charge in [0.1, 0.15) is 0 Å². The van der Waals surface area contributed by atoms with Crippen LogP contribution in [0.15, 0.2) is 0 Å². The molecule has 3 aliphatic rings. The van der Waals surface area contributed by atoms with Gasteiger partial charge in [-0.2, -0.15) is 0 Å². The van der Waals surface area contributed by atoms with Gasteiger partial charge in [0.2, 0.25) is 0 Å². The van der Waals surface area contributed by atoms with Crippen LogP contribution in [-0.4, -0.2) is 18.2 Å². The minimum absolute atomic E-state index is 0.311. The third-order valence-electron chi connectivity index (χ3n) is 5.03. The van der Waals surface area contributed by atoms with Gasteiger partial charge in [0.05, 0.1) is 5.60 Å². The van der Waals surface area contributed by atoms with Crippen molar-refractivity contribution in [3.8, 4) is 0 Å². The van der Waals surface area contributed by atoms with Crippen LogP contribution in [0.4, 0.5) is 0 Å². The highest BCUT2D eigenvalue weighted by molar-refractivity contribution is 4.97. The first-order chi connectivity index (χ1) is 7.29. The van der Waals surface area contributed by atoms with Crippen LogP contribution in [-0.2, 0) is 4.74 Å². The van der Waals surface area contributed by atoms with E-state index >= 15 is 0 Å². The molecule has 0 aromatic rings. The Morgan fingerprint density at radius 1 is 1.07 bits per heavy atom. The minimum atomic E-state index is 0.311. The van der Waals surface area contributed by atoms with Crippen molar-refractivity contribution < 1.29 is 4.74 Å². The Balaban J connectivity index is 1.65. The Kier molecular flexibility index (Phi) is 2.52. The van der Waals surface area contributed by atoms with Gasteiger partial charge in [-0.05, 0) is 56.8 Å². The van der Waals surface area contributed by atoms with Crippen molar-refractivity contribution in [1.29, 1.82) is 0 Å². The molecule has 86 valence electrons. The lowest BCUT2D eigenvalue weighted by molar-refractivity contribution is -0.150. The molecule has 1 aliphatic heterocycles. The van der Waals surface area contributed by atoms with Crippen LogP contribution in [0.3, 0.4) is 0 Å². The van der Waals surface area contributed by atoms with Gasteiger partial charge in [-0.1, -0.05) is 6.42 Å². The van der Waals surface area contributed by atoms with Gasteiger partial charge in [0.15, 0.2) is 0 Å². The number of rotatable bonds is 1. The Labute approximate surface area is 92.6 Å². The van der Waals surface area contributed by atoms with E-state index in [1.54, 1.807) is 0 Å². The molecule has 3 rings (SSSR count). The van der Waals surface area contributed by atoms with E-state index in [4.69, 9.17) is 10.5 Å². The monoisotopic (exact) mass is 209 g/mol. The van der Waals surface area contributed by atoms with Crippen molar-refractivity contribution in [2.24, 2.45) is 17.6 Å². The maximum atomic E-state index is 6.22. The van der Waals surface area contributed by atoms with Gasteiger partial charge in [-0.15, -0.1) is 0 Å². The van der Waals surface area contributed by atoms with Gasteiger partial charge in [-0.3, -0.25) is 0 Å². The molecule has 0 radical (unpaired) electrons. The summed E-state index contributed by atoms with van der Waals surface area (Å²) in [5.41, 5.74) is 6.53. The molecule has 0 aromatic carbocycles. The summed E-state index contributed by atoms with van der Waals surface area (Å²) in [4.78, 5) is 0. The summed E-state index contributed by atoms with van der Waals surface area (Å²) in [7, 11) is 0. The summed E-state index contributed by atoms with van der Waals surface area (Å²) < 4.78 is 5.99. The number of nitrogens with two attached hydrogens (primary N) is 1. The summed E-state index contributed by atoms with van der Waals surface area (Å²) in [6.07, 6.45) is 10.6. The maximum absolute atomic E-state index is 6.22. The topological polar surface area (TPSA) is 35.2 Å². The largest absolute Gasteiger partial charge is 0.375 e. The fourth-order valence-corrected chi connectivity index (χ4v) is 3.95. The lowest BCUT2D eigenvalue weighted by Crippen LogP contribution is -2.48. The molecule has 2 aliphatic carbocycles. The predicted molar refractivity (Wildman–Crippen MR) is 60.6 cm³/mol. The molecule has 0 aromatic heterocycles. The fraction of sp³-hybridized carbons (Fsp3) is 1.00. The van der Waals surface area contributed by atoms with E-state index < -0.39 is 0 Å². The Bertz CT molecular complexity index is 237. The van der Waals surface area contributed by atoms with E-state index in [0.29, 0.717) is 11.6 Å². The van der Waals surface area contributed by atoms with Gasteiger partial charge in [0, 0.05) is 12.6 Å². The molecule has 0 bridgehead atoms. The summed E-state index contributed by atoms with van der Waals surface area (Å²) in [6, 6.07) is 0.491. The summed E-state index contributed by atoms with van der Waals surface area (Å²) in [5, 5.41) is 0. The molecular formula is C13H23NO. The molecule has 3 atom stereocenters. The predicted octanol–water partition coefficient (Wildman–Crippen LogP) is 2.46. The zero-order valence-electron chi connectivity index (χ0n) is 9.58. The highest BCUT2D eigenvalue weighted by Gasteiger charge is 2.45. The third-order valence-corrected chi connectivity index (χ3v) is 5.03. The second-order valence-electron chi connectivity index (χ2n) is 5.90. The van der Waals surface area contributed by atoms with Crippen LogP contribution >= 0.6 is 0 Å². The Hall–Kier alpha value is -0.0800. The number of hydrogen-bond acceptors (Lipinski definition) is 2. The zero-order chi connectivity index (χ0) is 10.3. The SMILES string of the molecule is NC1CCCC1C1CCOC2(CCC2)C1. The first-order valence-corrected chi connectivity index (χ1v) is 6.69. The highest BCUT2D eigenvalue weighted by Crippen LogP contribution is 2.48. The van der Waals surface area contributed by atoms with Crippen molar-refractivity contribution in [1.82, 2.24) is 0 Å². The number of ether oxygens (including phenoxy) is 1. The zero-order valence-corrected chi connectivity index (χ0v) is 9.58. The summed E-state index contributed by atoms with van der Waals surface area (Å²) in [5.74, 6) is 1.68. The Morgan fingerprint density at radius 2 is 1.93 bits per heavy atom. The lowest BCUT2D eigenvalue weighted by atomic mass is 9.68. The fourth-order valence-electron chi connectivity index (χ4n) is 3.95. The Morgan fingerprint density at radius 3 is 2.53 bits per heavy atom. The van der Waals surface area contributed by atoms with Crippen LogP contribution in [0, 0.1) is 11.8 Å². The number of hydrogen-bond donors (Lipinski definition) is 1.